The zero-order valence-corrected chi connectivity index (χ0v) is 15.9. The molecule has 29 heavy (non-hydrogen) atoms. The van der Waals surface area contributed by atoms with E-state index in [2.05, 4.69) is 0 Å². The van der Waals surface area contributed by atoms with Gasteiger partial charge in [-0.1, -0.05) is 30.3 Å². The van der Waals surface area contributed by atoms with E-state index >= 15 is 0 Å². The molecule has 0 aliphatic carbocycles. The number of carbonyl (C=O) groups is 1. The fourth-order valence-electron chi connectivity index (χ4n) is 2.88. The highest BCUT2D eigenvalue weighted by Gasteiger charge is 2.29. The van der Waals surface area contributed by atoms with Crippen LogP contribution < -0.4 is 0 Å². The summed E-state index contributed by atoms with van der Waals surface area (Å²) in [5.41, 5.74) is 0.102. The van der Waals surface area contributed by atoms with Gasteiger partial charge in [0.05, 0.1) is 22.4 Å². The van der Waals surface area contributed by atoms with Crippen LogP contribution in [0.3, 0.4) is 0 Å². The van der Waals surface area contributed by atoms with Crippen molar-refractivity contribution in [1.29, 1.82) is 0 Å². The Kier molecular flexibility index (Phi) is 5.27. The van der Waals surface area contributed by atoms with Crippen LogP contribution in [0.2, 0.25) is 0 Å². The van der Waals surface area contributed by atoms with Gasteiger partial charge in [0, 0.05) is 11.6 Å². The third-order valence-electron chi connectivity index (χ3n) is 4.49. The highest BCUT2D eigenvalue weighted by Crippen LogP contribution is 2.30. The molecule has 0 amide bonds. The number of fused-ring (bicyclic) bond motifs is 1. The lowest BCUT2D eigenvalue weighted by Crippen LogP contribution is -2.09. The third kappa shape index (κ3) is 4.19. The maximum absolute atomic E-state index is 12.8. The van der Waals surface area contributed by atoms with Crippen LogP contribution in [-0.4, -0.2) is 23.5 Å². The van der Waals surface area contributed by atoms with E-state index in [9.17, 15) is 31.5 Å². The Bertz CT molecular complexity index is 1190. The number of rotatable bonds is 5. The molecule has 9 heteroatoms. The van der Waals surface area contributed by atoms with Gasteiger partial charge in [0.1, 0.15) is 0 Å². The second kappa shape index (κ2) is 7.40. The molecule has 0 saturated carbocycles. The normalized spacial score (nSPS) is 13.8. The molecule has 3 aromatic rings. The van der Waals surface area contributed by atoms with Crippen LogP contribution in [0.15, 0.2) is 60.1 Å². The first-order chi connectivity index (χ1) is 13.5. The molecule has 1 atom stereocenters. The standard InChI is InChI=1S/C20H16F3NO4S/c1-13(19(25)26)17-12-24(18-5-3-2-4-16(17)18)29(27,28)11-10-14-6-8-15(9-7-14)20(21,22)23/h2-13H,1H3,(H,25,26)/b11-10+. The number of alkyl halides is 3. The average molecular weight is 423 g/mol. The molecular weight excluding hydrogens is 407 g/mol. The van der Waals surface area contributed by atoms with Gasteiger partial charge in [-0.25, -0.2) is 12.4 Å². The second-order valence-corrected chi connectivity index (χ2v) is 8.12. The van der Waals surface area contributed by atoms with E-state index in [-0.39, 0.29) is 5.56 Å². The molecule has 1 aromatic heterocycles. The minimum Gasteiger partial charge on any atom is -0.481 e. The van der Waals surface area contributed by atoms with Gasteiger partial charge in [-0.2, -0.15) is 13.2 Å². The van der Waals surface area contributed by atoms with Crippen LogP contribution in [0, 0.1) is 0 Å². The van der Waals surface area contributed by atoms with Crippen LogP contribution in [0.25, 0.3) is 17.0 Å². The number of aliphatic carboxylic acids is 1. The summed E-state index contributed by atoms with van der Waals surface area (Å²) in [6.45, 7) is 1.46. The average Bonchev–Trinajstić information content (AvgIpc) is 3.06. The summed E-state index contributed by atoms with van der Waals surface area (Å²) >= 11 is 0. The Balaban J connectivity index is 2.01. The van der Waals surface area contributed by atoms with E-state index in [1.54, 1.807) is 24.3 Å². The lowest BCUT2D eigenvalue weighted by molar-refractivity contribution is -0.138. The zero-order chi connectivity index (χ0) is 21.4. The molecule has 0 saturated heterocycles. The maximum Gasteiger partial charge on any atom is 0.416 e. The van der Waals surface area contributed by atoms with Crippen molar-refractivity contribution in [1.82, 2.24) is 3.97 Å². The van der Waals surface area contributed by atoms with Crippen molar-refractivity contribution in [3.05, 3.63) is 76.8 Å². The number of nitrogens with zero attached hydrogens (tertiary/aromatic N) is 1. The van der Waals surface area contributed by atoms with Gasteiger partial charge in [0.2, 0.25) is 0 Å². The van der Waals surface area contributed by atoms with E-state index in [1.165, 1.54) is 31.3 Å². The molecule has 3 rings (SSSR count). The molecule has 2 aromatic carbocycles. The van der Waals surface area contributed by atoms with Crippen molar-refractivity contribution in [2.75, 3.05) is 0 Å². The minimum absolute atomic E-state index is 0.275. The van der Waals surface area contributed by atoms with Crippen molar-refractivity contribution >= 4 is 33.0 Å². The number of carboxylic acid groups (broad SMARTS) is 1. The van der Waals surface area contributed by atoms with Gasteiger partial charge >= 0.3 is 12.1 Å². The Labute approximate surface area is 164 Å². The predicted molar refractivity (Wildman–Crippen MR) is 103 cm³/mol. The third-order valence-corrected chi connectivity index (χ3v) is 5.82. The Morgan fingerprint density at radius 3 is 2.31 bits per heavy atom. The molecule has 1 unspecified atom stereocenters. The first kappa shape index (κ1) is 20.7. The summed E-state index contributed by atoms with van der Waals surface area (Å²) in [6.07, 6.45) is -2.03. The highest BCUT2D eigenvalue weighted by atomic mass is 32.2. The molecule has 0 fully saturated rings. The van der Waals surface area contributed by atoms with E-state index < -0.39 is 33.7 Å². The van der Waals surface area contributed by atoms with Crippen LogP contribution in [0.5, 0.6) is 0 Å². The van der Waals surface area contributed by atoms with Gasteiger partial charge in [-0.3, -0.25) is 4.79 Å². The smallest absolute Gasteiger partial charge is 0.416 e. The van der Waals surface area contributed by atoms with Gasteiger partial charge in [0.25, 0.3) is 10.0 Å². The molecule has 1 heterocycles. The first-order valence-electron chi connectivity index (χ1n) is 8.44. The molecule has 0 bridgehead atoms. The molecule has 1 N–H and O–H groups in total. The van der Waals surface area contributed by atoms with Gasteiger partial charge in [-0.05, 0) is 42.3 Å². The van der Waals surface area contributed by atoms with Gasteiger partial charge in [0.15, 0.2) is 0 Å². The molecule has 152 valence electrons. The quantitative estimate of drug-likeness (QED) is 0.646. The van der Waals surface area contributed by atoms with Crippen LogP contribution in [0.4, 0.5) is 13.2 Å². The van der Waals surface area contributed by atoms with Crippen molar-refractivity contribution < 1.29 is 31.5 Å². The van der Waals surface area contributed by atoms with Crippen LogP contribution in [0.1, 0.15) is 29.5 Å². The van der Waals surface area contributed by atoms with Gasteiger partial charge in [-0.15, -0.1) is 0 Å². The van der Waals surface area contributed by atoms with Crippen LogP contribution >= 0.6 is 0 Å². The summed E-state index contributed by atoms with van der Waals surface area (Å²) in [7, 11) is -4.04. The molecular formula is C20H16F3NO4S. The number of aromatic nitrogens is 1. The second-order valence-electron chi connectivity index (χ2n) is 6.42. The summed E-state index contributed by atoms with van der Waals surface area (Å²) in [5, 5.41) is 10.7. The van der Waals surface area contributed by atoms with Crippen molar-refractivity contribution in [2.45, 2.75) is 19.0 Å². The number of halogens is 3. The lowest BCUT2D eigenvalue weighted by atomic mass is 10.0. The largest absolute Gasteiger partial charge is 0.481 e. The van der Waals surface area contributed by atoms with E-state index in [0.29, 0.717) is 16.5 Å². The van der Waals surface area contributed by atoms with Crippen molar-refractivity contribution in [2.24, 2.45) is 0 Å². The Morgan fingerprint density at radius 2 is 1.72 bits per heavy atom. The molecule has 0 radical (unpaired) electrons. The molecule has 0 aliphatic rings. The Hall–Kier alpha value is -3.07. The molecule has 0 aliphatic heterocycles. The molecule has 5 nitrogen and oxygen atoms in total. The number of benzene rings is 2. The highest BCUT2D eigenvalue weighted by molar-refractivity contribution is 7.93. The minimum atomic E-state index is -4.48. The summed E-state index contributed by atoms with van der Waals surface area (Å²) in [6, 6.07) is 10.6. The predicted octanol–water partition coefficient (Wildman–Crippen LogP) is 4.70. The number of carboxylic acids is 1. The van der Waals surface area contributed by atoms with E-state index in [1.807, 2.05) is 0 Å². The van der Waals surface area contributed by atoms with E-state index in [0.717, 1.165) is 21.5 Å². The Morgan fingerprint density at radius 1 is 1.10 bits per heavy atom. The van der Waals surface area contributed by atoms with Crippen molar-refractivity contribution in [3.63, 3.8) is 0 Å². The topological polar surface area (TPSA) is 76.4 Å². The summed E-state index contributed by atoms with van der Waals surface area (Å²) in [4.78, 5) is 11.4. The fraction of sp³-hybridized carbons (Fsp3) is 0.150. The summed E-state index contributed by atoms with van der Waals surface area (Å²) in [5.74, 6) is -2.01. The lowest BCUT2D eigenvalue weighted by Gasteiger charge is -2.06. The molecule has 0 spiro atoms. The number of hydrogen-bond acceptors (Lipinski definition) is 3. The SMILES string of the molecule is CC(C(=O)O)c1cn(S(=O)(=O)/C=C/c2ccc(C(F)(F)F)cc2)c2ccccc12. The van der Waals surface area contributed by atoms with Crippen LogP contribution in [-0.2, 0) is 21.0 Å². The maximum atomic E-state index is 12.8. The number of hydrogen-bond donors (Lipinski definition) is 1. The fourth-order valence-corrected chi connectivity index (χ4v) is 4.03. The zero-order valence-electron chi connectivity index (χ0n) is 15.1. The monoisotopic (exact) mass is 423 g/mol. The van der Waals surface area contributed by atoms with Crippen molar-refractivity contribution in [3.8, 4) is 0 Å². The van der Waals surface area contributed by atoms with E-state index in [4.69, 9.17) is 0 Å². The van der Waals surface area contributed by atoms with Gasteiger partial charge < -0.3 is 5.11 Å². The first-order valence-corrected chi connectivity index (χ1v) is 9.95. The number of para-hydroxylation sites is 1. The summed E-state index contributed by atoms with van der Waals surface area (Å²) < 4.78 is 64.5.